The summed E-state index contributed by atoms with van der Waals surface area (Å²) < 4.78 is 5.65. The Bertz CT molecular complexity index is 867. The van der Waals surface area contributed by atoms with Gasteiger partial charge in [0.2, 0.25) is 0 Å². The first-order valence-electron chi connectivity index (χ1n) is 6.86. The number of hydrogen-bond donors (Lipinski definition) is 0. The van der Waals surface area contributed by atoms with Crippen LogP contribution in [0, 0.1) is 0 Å². The molecule has 2 aromatic carbocycles. The summed E-state index contributed by atoms with van der Waals surface area (Å²) in [6, 6.07) is 12.4. The lowest BCUT2D eigenvalue weighted by Gasteiger charge is -2.15. The molecule has 1 fully saturated rings. The van der Waals surface area contributed by atoms with Gasteiger partial charge in [-0.05, 0) is 42.0 Å². The summed E-state index contributed by atoms with van der Waals surface area (Å²) in [5.41, 5.74) is 1.46. The monoisotopic (exact) mass is 395 g/mol. The average molecular weight is 396 g/mol. The third kappa shape index (κ3) is 3.44. The highest BCUT2D eigenvalue weighted by molar-refractivity contribution is 8.27. The number of methoxy groups -OCH3 is 1. The zero-order valence-electron chi connectivity index (χ0n) is 12.5. The Hall–Kier alpha value is -1.53. The molecule has 0 radical (unpaired) electrons. The quantitative estimate of drug-likeness (QED) is 0.513. The molecule has 1 aliphatic heterocycles. The Morgan fingerprint density at radius 1 is 1.17 bits per heavy atom. The molecule has 0 aromatic heterocycles. The van der Waals surface area contributed by atoms with Gasteiger partial charge in [0.25, 0.3) is 5.91 Å². The van der Waals surface area contributed by atoms with Gasteiger partial charge in [-0.3, -0.25) is 9.69 Å². The molecule has 0 saturated carbocycles. The predicted molar refractivity (Wildman–Crippen MR) is 105 cm³/mol. The zero-order valence-corrected chi connectivity index (χ0v) is 15.6. The number of ether oxygens (including phenoxy) is 1. The van der Waals surface area contributed by atoms with Crippen molar-refractivity contribution in [2.24, 2.45) is 0 Å². The van der Waals surface area contributed by atoms with E-state index in [0.29, 0.717) is 25.0 Å². The number of halogens is 2. The van der Waals surface area contributed by atoms with Crippen molar-refractivity contribution in [2.75, 3.05) is 12.0 Å². The van der Waals surface area contributed by atoms with E-state index in [1.807, 2.05) is 24.3 Å². The number of carbonyl (C=O) groups excluding carboxylic acids is 1. The molecule has 122 valence electrons. The maximum Gasteiger partial charge on any atom is 0.270 e. The van der Waals surface area contributed by atoms with Crippen LogP contribution < -0.4 is 9.64 Å². The van der Waals surface area contributed by atoms with Crippen molar-refractivity contribution in [2.45, 2.75) is 0 Å². The highest BCUT2D eigenvalue weighted by atomic mass is 35.5. The fourth-order valence-electron chi connectivity index (χ4n) is 2.20. The van der Waals surface area contributed by atoms with Gasteiger partial charge >= 0.3 is 0 Å². The third-order valence-corrected chi connectivity index (χ3v) is 5.39. The fourth-order valence-corrected chi connectivity index (χ4v) is 3.79. The second-order valence-electron chi connectivity index (χ2n) is 4.89. The van der Waals surface area contributed by atoms with Crippen LogP contribution in [0.4, 0.5) is 5.69 Å². The first-order valence-corrected chi connectivity index (χ1v) is 8.85. The number of benzene rings is 2. The molecule has 1 heterocycles. The van der Waals surface area contributed by atoms with Crippen molar-refractivity contribution < 1.29 is 9.53 Å². The molecule has 24 heavy (non-hydrogen) atoms. The van der Waals surface area contributed by atoms with Crippen LogP contribution in [-0.4, -0.2) is 17.3 Å². The molecule has 0 bridgehead atoms. The van der Waals surface area contributed by atoms with Crippen molar-refractivity contribution in [3.63, 3.8) is 0 Å². The summed E-state index contributed by atoms with van der Waals surface area (Å²) in [5, 5.41) is 0.803. The highest BCUT2D eigenvalue weighted by Gasteiger charge is 2.33. The number of rotatable bonds is 3. The smallest absolute Gasteiger partial charge is 0.270 e. The Balaban J connectivity index is 1.93. The minimum Gasteiger partial charge on any atom is -0.497 e. The van der Waals surface area contributed by atoms with E-state index in [2.05, 4.69) is 0 Å². The largest absolute Gasteiger partial charge is 0.497 e. The van der Waals surface area contributed by atoms with E-state index in [1.54, 1.807) is 31.4 Å². The number of anilines is 1. The van der Waals surface area contributed by atoms with Crippen molar-refractivity contribution in [3.8, 4) is 5.75 Å². The summed E-state index contributed by atoms with van der Waals surface area (Å²) in [7, 11) is 1.60. The molecule has 0 aliphatic carbocycles. The van der Waals surface area contributed by atoms with E-state index in [1.165, 1.54) is 16.7 Å². The second kappa shape index (κ2) is 7.15. The van der Waals surface area contributed by atoms with E-state index >= 15 is 0 Å². The Labute approximate surface area is 159 Å². The van der Waals surface area contributed by atoms with Gasteiger partial charge in [0.15, 0.2) is 4.32 Å². The number of hydrogen-bond acceptors (Lipinski definition) is 4. The standard InChI is InChI=1S/C17H11Cl2NO2S2/c1-22-12-4-2-3-10(7-12)8-15-16(21)20(17(23)24-15)11-5-6-13(18)14(19)9-11/h2-9H,1H3/b15-8-. The molecule has 2 aromatic rings. The van der Waals surface area contributed by atoms with Crippen LogP contribution in [-0.2, 0) is 4.79 Å². The van der Waals surface area contributed by atoms with Gasteiger partial charge in [-0.1, -0.05) is 59.3 Å². The van der Waals surface area contributed by atoms with E-state index in [0.717, 1.165) is 11.3 Å². The average Bonchev–Trinajstić information content (AvgIpc) is 2.84. The summed E-state index contributed by atoms with van der Waals surface area (Å²) in [5.74, 6) is 0.537. The number of thioether (sulfide) groups is 1. The van der Waals surface area contributed by atoms with Crippen LogP contribution in [0.25, 0.3) is 6.08 Å². The number of thiocarbonyl (C=S) groups is 1. The molecule has 0 atom stereocenters. The topological polar surface area (TPSA) is 29.5 Å². The first kappa shape index (κ1) is 17.3. The van der Waals surface area contributed by atoms with Crippen LogP contribution in [0.3, 0.4) is 0 Å². The third-order valence-electron chi connectivity index (χ3n) is 3.35. The van der Waals surface area contributed by atoms with Crippen LogP contribution in [0.1, 0.15) is 5.56 Å². The van der Waals surface area contributed by atoms with Gasteiger partial charge in [0.05, 0.1) is 27.7 Å². The van der Waals surface area contributed by atoms with Gasteiger partial charge in [-0.25, -0.2) is 0 Å². The van der Waals surface area contributed by atoms with E-state index < -0.39 is 0 Å². The van der Waals surface area contributed by atoms with Crippen LogP contribution in [0.15, 0.2) is 47.4 Å². The Kier molecular flexibility index (Phi) is 5.15. The van der Waals surface area contributed by atoms with E-state index in [-0.39, 0.29) is 5.91 Å². The van der Waals surface area contributed by atoms with E-state index in [4.69, 9.17) is 40.2 Å². The lowest BCUT2D eigenvalue weighted by Crippen LogP contribution is -2.27. The highest BCUT2D eigenvalue weighted by Crippen LogP contribution is 2.38. The molecular formula is C17H11Cl2NO2S2. The molecule has 3 nitrogen and oxygen atoms in total. The van der Waals surface area contributed by atoms with E-state index in [9.17, 15) is 4.79 Å². The summed E-state index contributed by atoms with van der Waals surface area (Å²) >= 11 is 18.6. The minimum atomic E-state index is -0.189. The SMILES string of the molecule is COc1cccc(/C=C2\SC(=S)N(c3ccc(Cl)c(Cl)c3)C2=O)c1. The maximum atomic E-state index is 12.7. The zero-order chi connectivity index (χ0) is 17.3. The summed E-state index contributed by atoms with van der Waals surface area (Å²) in [6.07, 6.45) is 1.79. The van der Waals surface area contributed by atoms with Crippen molar-refractivity contribution >= 4 is 69.2 Å². The maximum absolute atomic E-state index is 12.7. The van der Waals surface area contributed by atoms with Crippen LogP contribution in [0.2, 0.25) is 10.0 Å². The predicted octanol–water partition coefficient (Wildman–Crippen LogP) is 5.41. The molecule has 0 unspecified atom stereocenters. The molecule has 0 spiro atoms. The Morgan fingerprint density at radius 3 is 2.67 bits per heavy atom. The summed E-state index contributed by atoms with van der Waals surface area (Å²) in [6.45, 7) is 0. The lowest BCUT2D eigenvalue weighted by molar-refractivity contribution is -0.113. The lowest BCUT2D eigenvalue weighted by atomic mass is 10.2. The van der Waals surface area contributed by atoms with Crippen LogP contribution in [0.5, 0.6) is 5.75 Å². The van der Waals surface area contributed by atoms with Gasteiger partial charge < -0.3 is 4.74 Å². The normalized spacial score (nSPS) is 16.1. The molecular weight excluding hydrogens is 385 g/mol. The molecule has 1 saturated heterocycles. The van der Waals surface area contributed by atoms with Gasteiger partial charge in [0.1, 0.15) is 5.75 Å². The van der Waals surface area contributed by atoms with Crippen molar-refractivity contribution in [3.05, 3.63) is 63.0 Å². The molecule has 3 rings (SSSR count). The number of nitrogens with zero attached hydrogens (tertiary/aromatic N) is 1. The second-order valence-corrected chi connectivity index (χ2v) is 7.38. The number of amides is 1. The van der Waals surface area contributed by atoms with Crippen molar-refractivity contribution in [1.29, 1.82) is 0 Å². The fraction of sp³-hybridized carbons (Fsp3) is 0.0588. The van der Waals surface area contributed by atoms with Gasteiger partial charge in [0, 0.05) is 0 Å². The number of carbonyl (C=O) groups is 1. The molecule has 1 aliphatic rings. The van der Waals surface area contributed by atoms with Gasteiger partial charge in [-0.15, -0.1) is 0 Å². The summed E-state index contributed by atoms with van der Waals surface area (Å²) in [4.78, 5) is 14.7. The van der Waals surface area contributed by atoms with Gasteiger partial charge in [-0.2, -0.15) is 0 Å². The molecule has 7 heteroatoms. The first-order chi connectivity index (χ1) is 11.5. The minimum absolute atomic E-state index is 0.189. The Morgan fingerprint density at radius 2 is 1.96 bits per heavy atom. The molecule has 1 amide bonds. The van der Waals surface area contributed by atoms with Crippen molar-refractivity contribution in [1.82, 2.24) is 0 Å². The van der Waals surface area contributed by atoms with Crippen LogP contribution >= 0.6 is 47.2 Å². The molecule has 0 N–H and O–H groups in total.